The van der Waals surface area contributed by atoms with Crippen molar-refractivity contribution in [2.45, 2.75) is 11.9 Å². The van der Waals surface area contributed by atoms with Crippen molar-refractivity contribution in [1.29, 1.82) is 0 Å². The maximum absolute atomic E-state index is 12.1. The van der Waals surface area contributed by atoms with Crippen molar-refractivity contribution in [3.63, 3.8) is 0 Å². The van der Waals surface area contributed by atoms with Gasteiger partial charge in [-0.25, -0.2) is 4.98 Å². The van der Waals surface area contributed by atoms with Crippen LogP contribution in [-0.2, 0) is 4.79 Å². The summed E-state index contributed by atoms with van der Waals surface area (Å²) in [5.74, 6) is 0.132. The van der Waals surface area contributed by atoms with E-state index in [4.69, 9.17) is 11.6 Å². The van der Waals surface area contributed by atoms with Crippen molar-refractivity contribution >= 4 is 46.3 Å². The van der Waals surface area contributed by atoms with E-state index in [0.29, 0.717) is 15.7 Å². The van der Waals surface area contributed by atoms with Gasteiger partial charge in [-0.05, 0) is 43.3 Å². The molecular formula is C22H17ClN4OS2. The molecule has 2 aromatic carbocycles. The number of carbonyl (C=O) groups is 1. The van der Waals surface area contributed by atoms with Gasteiger partial charge in [0.2, 0.25) is 5.91 Å². The molecule has 0 radical (unpaired) electrons. The van der Waals surface area contributed by atoms with E-state index in [9.17, 15) is 4.79 Å². The molecule has 0 saturated carbocycles. The van der Waals surface area contributed by atoms with Crippen molar-refractivity contribution in [3.8, 4) is 21.1 Å². The molecule has 150 valence electrons. The average molecular weight is 453 g/mol. The van der Waals surface area contributed by atoms with E-state index in [0.717, 1.165) is 26.8 Å². The van der Waals surface area contributed by atoms with E-state index >= 15 is 0 Å². The lowest BCUT2D eigenvalue weighted by molar-refractivity contribution is -0.113. The summed E-state index contributed by atoms with van der Waals surface area (Å²) in [5, 5.41) is 13.7. The molecule has 1 amide bonds. The van der Waals surface area contributed by atoms with Crippen LogP contribution in [0.15, 0.2) is 71.8 Å². The molecule has 0 atom stereocenters. The van der Waals surface area contributed by atoms with E-state index in [1.54, 1.807) is 35.6 Å². The molecule has 2 heterocycles. The lowest BCUT2D eigenvalue weighted by Gasteiger charge is -2.05. The first-order valence-electron chi connectivity index (χ1n) is 9.13. The number of benzene rings is 2. The Morgan fingerprint density at radius 3 is 2.50 bits per heavy atom. The number of aryl methyl sites for hydroxylation is 1. The predicted octanol–water partition coefficient (Wildman–Crippen LogP) is 5.96. The van der Waals surface area contributed by atoms with E-state index in [1.165, 1.54) is 11.8 Å². The second-order valence-corrected chi connectivity index (χ2v) is 8.83. The quantitative estimate of drug-likeness (QED) is 0.365. The highest BCUT2D eigenvalue weighted by Gasteiger charge is 2.13. The van der Waals surface area contributed by atoms with Gasteiger partial charge in [0, 0.05) is 16.3 Å². The summed E-state index contributed by atoms with van der Waals surface area (Å²) in [4.78, 5) is 17.8. The normalized spacial score (nSPS) is 10.7. The van der Waals surface area contributed by atoms with E-state index in [1.807, 2.05) is 49.4 Å². The van der Waals surface area contributed by atoms with Crippen LogP contribution >= 0.6 is 34.7 Å². The van der Waals surface area contributed by atoms with Crippen LogP contribution in [0.4, 0.5) is 5.69 Å². The van der Waals surface area contributed by atoms with Gasteiger partial charge in [-0.3, -0.25) is 4.79 Å². The van der Waals surface area contributed by atoms with E-state index < -0.39 is 0 Å². The Bertz CT molecular complexity index is 1150. The van der Waals surface area contributed by atoms with Crippen molar-refractivity contribution in [2.75, 3.05) is 11.1 Å². The third-order valence-corrected chi connectivity index (χ3v) is 6.57. The zero-order chi connectivity index (χ0) is 20.9. The second kappa shape index (κ2) is 9.38. The van der Waals surface area contributed by atoms with Gasteiger partial charge in [-0.1, -0.05) is 53.7 Å². The van der Waals surface area contributed by atoms with E-state index in [-0.39, 0.29) is 11.7 Å². The molecule has 1 N–H and O–H groups in total. The summed E-state index contributed by atoms with van der Waals surface area (Å²) in [6.07, 6.45) is 0. The van der Waals surface area contributed by atoms with Gasteiger partial charge in [0.05, 0.1) is 16.3 Å². The number of thiazole rings is 1. The summed E-state index contributed by atoms with van der Waals surface area (Å²) in [7, 11) is 0. The summed E-state index contributed by atoms with van der Waals surface area (Å²) in [6, 6.07) is 20.9. The number of thioether (sulfide) groups is 1. The summed E-state index contributed by atoms with van der Waals surface area (Å²) < 4.78 is 0. The third kappa shape index (κ3) is 5.05. The molecule has 2 aromatic heterocycles. The maximum atomic E-state index is 12.1. The lowest BCUT2D eigenvalue weighted by Crippen LogP contribution is -2.14. The molecule has 0 aliphatic heterocycles. The van der Waals surface area contributed by atoms with Gasteiger partial charge in [-0.2, -0.15) is 0 Å². The zero-order valence-electron chi connectivity index (χ0n) is 16.0. The highest BCUT2D eigenvalue weighted by molar-refractivity contribution is 7.99. The molecule has 5 nitrogen and oxygen atoms in total. The third-order valence-electron chi connectivity index (χ3n) is 4.17. The van der Waals surface area contributed by atoms with Crippen LogP contribution in [0.5, 0.6) is 0 Å². The van der Waals surface area contributed by atoms with Crippen LogP contribution in [0.3, 0.4) is 0 Å². The van der Waals surface area contributed by atoms with Crippen LogP contribution in [0, 0.1) is 6.92 Å². The number of anilines is 1. The van der Waals surface area contributed by atoms with Crippen LogP contribution in [0.2, 0.25) is 5.02 Å². The largest absolute Gasteiger partial charge is 0.325 e. The number of amides is 1. The predicted molar refractivity (Wildman–Crippen MR) is 124 cm³/mol. The molecule has 0 aliphatic carbocycles. The number of aromatic nitrogens is 3. The minimum Gasteiger partial charge on any atom is -0.325 e. The molecule has 0 unspecified atom stereocenters. The first kappa shape index (κ1) is 20.5. The summed E-state index contributed by atoms with van der Waals surface area (Å²) >= 11 is 8.79. The topological polar surface area (TPSA) is 67.8 Å². The number of nitrogens with one attached hydrogen (secondary N) is 1. The SMILES string of the molecule is Cc1nc(-c2ccccc2)sc1-c1ccc(SCC(=O)Nc2ccc(Cl)cc2)nn1. The Morgan fingerprint density at radius 1 is 1.03 bits per heavy atom. The Morgan fingerprint density at radius 2 is 1.80 bits per heavy atom. The number of carbonyl (C=O) groups excluding carboxylic acids is 1. The molecule has 0 fully saturated rings. The molecule has 8 heteroatoms. The standard InChI is InChI=1S/C22H17ClN4OS2/c1-14-21(30-22(24-14)15-5-3-2-4-6-15)18-11-12-20(27-26-18)29-13-19(28)25-17-9-7-16(23)8-10-17/h2-12H,13H2,1H3,(H,25,28). The van der Waals surface area contributed by atoms with Crippen LogP contribution in [0.25, 0.3) is 21.1 Å². The van der Waals surface area contributed by atoms with Crippen molar-refractivity contribution in [1.82, 2.24) is 15.2 Å². The van der Waals surface area contributed by atoms with Crippen LogP contribution < -0.4 is 5.32 Å². The Balaban J connectivity index is 1.39. The zero-order valence-corrected chi connectivity index (χ0v) is 18.4. The molecule has 0 aliphatic rings. The molecule has 0 bridgehead atoms. The summed E-state index contributed by atoms with van der Waals surface area (Å²) in [5.41, 5.74) is 3.50. The van der Waals surface area contributed by atoms with Crippen molar-refractivity contribution in [3.05, 3.63) is 77.4 Å². The highest BCUT2D eigenvalue weighted by Crippen LogP contribution is 2.34. The molecule has 4 rings (SSSR count). The fourth-order valence-electron chi connectivity index (χ4n) is 2.73. The fraction of sp³-hybridized carbons (Fsp3) is 0.0909. The van der Waals surface area contributed by atoms with Crippen LogP contribution in [-0.4, -0.2) is 26.8 Å². The number of hydrogen-bond acceptors (Lipinski definition) is 6. The van der Waals surface area contributed by atoms with E-state index in [2.05, 4.69) is 20.5 Å². The first-order chi connectivity index (χ1) is 14.6. The monoisotopic (exact) mass is 452 g/mol. The van der Waals surface area contributed by atoms with Gasteiger partial charge in [0.15, 0.2) is 0 Å². The smallest absolute Gasteiger partial charge is 0.234 e. The van der Waals surface area contributed by atoms with Gasteiger partial charge in [-0.15, -0.1) is 21.5 Å². The van der Waals surface area contributed by atoms with Crippen LogP contribution in [0.1, 0.15) is 5.69 Å². The summed E-state index contributed by atoms with van der Waals surface area (Å²) in [6.45, 7) is 1.98. The average Bonchev–Trinajstić information content (AvgIpc) is 3.16. The molecule has 0 spiro atoms. The van der Waals surface area contributed by atoms with Gasteiger partial charge in [0.1, 0.15) is 15.7 Å². The molecule has 4 aromatic rings. The number of hydrogen-bond donors (Lipinski definition) is 1. The maximum Gasteiger partial charge on any atom is 0.234 e. The minimum absolute atomic E-state index is 0.112. The lowest BCUT2D eigenvalue weighted by atomic mass is 10.2. The number of nitrogens with zero attached hydrogens (tertiary/aromatic N) is 3. The second-order valence-electron chi connectivity index (χ2n) is 6.40. The molecular weight excluding hydrogens is 436 g/mol. The minimum atomic E-state index is -0.112. The van der Waals surface area contributed by atoms with Gasteiger partial charge < -0.3 is 5.32 Å². The molecule has 0 saturated heterocycles. The van der Waals surface area contributed by atoms with Crippen molar-refractivity contribution < 1.29 is 4.79 Å². The van der Waals surface area contributed by atoms with Crippen molar-refractivity contribution in [2.24, 2.45) is 0 Å². The number of rotatable bonds is 6. The Labute approximate surface area is 187 Å². The first-order valence-corrected chi connectivity index (χ1v) is 11.3. The van der Waals surface area contributed by atoms with Gasteiger partial charge >= 0.3 is 0 Å². The fourth-order valence-corrected chi connectivity index (χ4v) is 4.50. The number of halogens is 1. The molecule has 30 heavy (non-hydrogen) atoms. The highest BCUT2D eigenvalue weighted by atomic mass is 35.5. The Hall–Kier alpha value is -2.74. The Kier molecular flexibility index (Phi) is 6.42. The van der Waals surface area contributed by atoms with Gasteiger partial charge in [0.25, 0.3) is 0 Å².